The molecule has 0 aliphatic carbocycles. The van der Waals surface area contributed by atoms with Gasteiger partial charge in [-0.25, -0.2) is 4.39 Å². The molecular weight excluding hydrogens is 359 g/mol. The summed E-state index contributed by atoms with van der Waals surface area (Å²) in [6, 6.07) is 9.41. The molecular formula is C17H19FN4O3S. The summed E-state index contributed by atoms with van der Waals surface area (Å²) in [5, 5.41) is 2.72. The van der Waals surface area contributed by atoms with E-state index in [1.807, 2.05) is 0 Å². The fourth-order valence-corrected chi connectivity index (χ4v) is 4.09. The molecule has 9 heteroatoms. The lowest BCUT2D eigenvalue weighted by atomic mass is 9.99. The predicted octanol–water partition coefficient (Wildman–Crippen LogP) is 1.12. The molecule has 0 unspecified atom stereocenters. The second kappa shape index (κ2) is 7.48. The Balaban J connectivity index is 1.76. The van der Waals surface area contributed by atoms with Gasteiger partial charge in [-0.05, 0) is 36.2 Å². The minimum Gasteiger partial charge on any atom is -0.349 e. The molecule has 1 fully saturated rings. The van der Waals surface area contributed by atoms with Crippen LogP contribution >= 0.6 is 0 Å². The number of likely N-dealkylation sites (N-methyl/N-ethyl adjacent to an activating group) is 1. The van der Waals surface area contributed by atoms with E-state index in [2.05, 4.69) is 15.0 Å². The Kier molecular flexibility index (Phi) is 5.30. The average molecular weight is 378 g/mol. The summed E-state index contributed by atoms with van der Waals surface area (Å²) in [7, 11) is -2.48. The van der Waals surface area contributed by atoms with E-state index in [1.165, 1.54) is 31.3 Å². The van der Waals surface area contributed by atoms with Gasteiger partial charge in [-0.3, -0.25) is 9.78 Å². The first-order chi connectivity index (χ1) is 12.4. The first-order valence-electron chi connectivity index (χ1n) is 8.05. The highest BCUT2D eigenvalue weighted by Crippen LogP contribution is 2.28. The van der Waals surface area contributed by atoms with Crippen LogP contribution in [0, 0.1) is 5.82 Å². The van der Waals surface area contributed by atoms with Crippen molar-refractivity contribution < 1.29 is 17.6 Å². The number of hydrogen-bond acceptors (Lipinski definition) is 4. The Labute approximate surface area is 151 Å². The van der Waals surface area contributed by atoms with Crippen LogP contribution in [0.25, 0.3) is 0 Å². The highest BCUT2D eigenvalue weighted by molar-refractivity contribution is 7.87. The van der Waals surface area contributed by atoms with Crippen molar-refractivity contribution in [2.24, 2.45) is 0 Å². The maximum Gasteiger partial charge on any atom is 0.280 e. The number of aromatic nitrogens is 1. The van der Waals surface area contributed by atoms with Crippen molar-refractivity contribution in [2.45, 2.75) is 25.0 Å². The molecule has 2 N–H and O–H groups in total. The van der Waals surface area contributed by atoms with Gasteiger partial charge in [-0.2, -0.15) is 17.4 Å². The van der Waals surface area contributed by atoms with E-state index in [9.17, 15) is 17.6 Å². The number of pyridine rings is 1. The summed E-state index contributed by atoms with van der Waals surface area (Å²) >= 11 is 0. The Bertz CT molecular complexity index is 875. The molecule has 138 valence electrons. The highest BCUT2D eigenvalue weighted by Gasteiger charge is 2.40. The van der Waals surface area contributed by atoms with Crippen LogP contribution in [-0.4, -0.2) is 36.7 Å². The van der Waals surface area contributed by atoms with Crippen LogP contribution in [0.1, 0.15) is 23.7 Å². The summed E-state index contributed by atoms with van der Waals surface area (Å²) < 4.78 is 41.4. The van der Waals surface area contributed by atoms with Gasteiger partial charge < -0.3 is 5.32 Å². The maximum absolute atomic E-state index is 13.1. The van der Waals surface area contributed by atoms with Crippen LogP contribution in [0.15, 0.2) is 48.7 Å². The number of halogens is 1. The van der Waals surface area contributed by atoms with E-state index < -0.39 is 34.0 Å². The minimum absolute atomic E-state index is 0.207. The smallest absolute Gasteiger partial charge is 0.280 e. The Morgan fingerprint density at radius 1 is 1.31 bits per heavy atom. The monoisotopic (exact) mass is 378 g/mol. The number of nitrogens with one attached hydrogen (secondary N) is 2. The highest BCUT2D eigenvalue weighted by atomic mass is 32.2. The fraction of sp³-hybridized carbons (Fsp3) is 0.294. The molecule has 2 heterocycles. The zero-order valence-corrected chi connectivity index (χ0v) is 14.9. The molecule has 1 amide bonds. The van der Waals surface area contributed by atoms with Crippen molar-refractivity contribution in [3.05, 3.63) is 65.7 Å². The average Bonchev–Trinajstić information content (AvgIpc) is 2.63. The summed E-state index contributed by atoms with van der Waals surface area (Å²) in [6.45, 7) is 0.207. The normalized spacial score (nSPS) is 22.7. The van der Waals surface area contributed by atoms with Crippen molar-refractivity contribution in [1.29, 1.82) is 0 Å². The largest absolute Gasteiger partial charge is 0.349 e. The number of nitrogens with zero attached hydrogens (tertiary/aromatic N) is 2. The van der Waals surface area contributed by atoms with Gasteiger partial charge in [0.1, 0.15) is 11.9 Å². The molecule has 1 aromatic carbocycles. The molecule has 1 aliphatic rings. The molecule has 0 spiro atoms. The van der Waals surface area contributed by atoms with Gasteiger partial charge in [0.15, 0.2) is 0 Å². The van der Waals surface area contributed by atoms with Crippen LogP contribution in [0.5, 0.6) is 0 Å². The lowest BCUT2D eigenvalue weighted by Gasteiger charge is -2.36. The van der Waals surface area contributed by atoms with Crippen molar-refractivity contribution in [3.63, 3.8) is 0 Å². The maximum atomic E-state index is 13.1. The van der Waals surface area contributed by atoms with Crippen LogP contribution in [0.3, 0.4) is 0 Å². The van der Waals surface area contributed by atoms with Crippen molar-refractivity contribution in [3.8, 4) is 0 Å². The van der Waals surface area contributed by atoms with E-state index in [0.717, 1.165) is 4.31 Å². The Morgan fingerprint density at radius 2 is 2.04 bits per heavy atom. The van der Waals surface area contributed by atoms with Gasteiger partial charge in [0.25, 0.3) is 10.2 Å². The Morgan fingerprint density at radius 3 is 2.69 bits per heavy atom. The van der Waals surface area contributed by atoms with Gasteiger partial charge >= 0.3 is 0 Å². The molecule has 0 radical (unpaired) electrons. The molecule has 26 heavy (non-hydrogen) atoms. The number of amides is 1. The van der Waals surface area contributed by atoms with E-state index in [4.69, 9.17) is 0 Å². The zero-order chi connectivity index (χ0) is 18.7. The number of rotatable bonds is 4. The molecule has 1 saturated heterocycles. The van der Waals surface area contributed by atoms with Crippen LogP contribution in [0.4, 0.5) is 4.39 Å². The quantitative estimate of drug-likeness (QED) is 0.834. The lowest BCUT2D eigenvalue weighted by molar-refractivity contribution is -0.125. The van der Waals surface area contributed by atoms with Crippen molar-refractivity contribution in [1.82, 2.24) is 19.3 Å². The van der Waals surface area contributed by atoms with Gasteiger partial charge in [-0.15, -0.1) is 0 Å². The van der Waals surface area contributed by atoms with Crippen molar-refractivity contribution >= 4 is 16.1 Å². The van der Waals surface area contributed by atoms with Crippen LogP contribution < -0.4 is 10.0 Å². The summed E-state index contributed by atoms with van der Waals surface area (Å²) in [6.07, 6.45) is 1.85. The first kappa shape index (κ1) is 18.4. The van der Waals surface area contributed by atoms with Crippen LogP contribution in [-0.2, 0) is 21.5 Å². The molecule has 7 nitrogen and oxygen atoms in total. The van der Waals surface area contributed by atoms with Crippen molar-refractivity contribution in [2.75, 3.05) is 7.05 Å². The number of carbonyl (C=O) groups excluding carboxylic acids is 1. The molecule has 1 aromatic heterocycles. The summed E-state index contributed by atoms with van der Waals surface area (Å²) in [4.78, 5) is 16.7. The lowest BCUT2D eigenvalue weighted by Crippen LogP contribution is -2.57. The molecule has 0 saturated carbocycles. The summed E-state index contributed by atoms with van der Waals surface area (Å²) in [5.74, 6) is -0.815. The Hall–Kier alpha value is -2.36. The van der Waals surface area contributed by atoms with Gasteiger partial charge in [0.2, 0.25) is 5.91 Å². The van der Waals surface area contributed by atoms with Gasteiger partial charge in [0.05, 0.1) is 12.2 Å². The third kappa shape index (κ3) is 4.06. The van der Waals surface area contributed by atoms with E-state index in [-0.39, 0.29) is 13.0 Å². The molecule has 3 rings (SSSR count). The summed E-state index contributed by atoms with van der Waals surface area (Å²) in [5.41, 5.74) is 1.28. The number of carbonyl (C=O) groups is 1. The molecule has 2 aromatic rings. The van der Waals surface area contributed by atoms with E-state index >= 15 is 0 Å². The predicted molar refractivity (Wildman–Crippen MR) is 93.4 cm³/mol. The topological polar surface area (TPSA) is 91.4 Å². The standard InChI is InChI=1S/C17H19FN4O3S/c1-22-16(17(23)20-11-14-4-2-3-9-19-14)10-15(21-26(22,24)25)12-5-7-13(18)8-6-12/h2-9,15-16,21H,10-11H2,1H3,(H,20,23)/t15-,16+/m0/s1. The third-order valence-corrected chi connectivity index (χ3v) is 5.91. The van der Waals surface area contributed by atoms with Crippen LogP contribution in [0.2, 0.25) is 0 Å². The van der Waals surface area contributed by atoms with Gasteiger partial charge in [0, 0.05) is 19.3 Å². The number of hydrogen-bond donors (Lipinski definition) is 2. The molecule has 0 bridgehead atoms. The second-order valence-electron chi connectivity index (χ2n) is 6.03. The number of benzene rings is 1. The molecule has 2 atom stereocenters. The first-order valence-corrected chi connectivity index (χ1v) is 9.49. The fourth-order valence-electron chi connectivity index (χ4n) is 2.82. The van der Waals surface area contributed by atoms with Gasteiger partial charge in [-0.1, -0.05) is 18.2 Å². The molecule has 1 aliphatic heterocycles. The van der Waals surface area contributed by atoms with E-state index in [1.54, 1.807) is 24.4 Å². The third-order valence-electron chi connectivity index (χ3n) is 4.31. The van der Waals surface area contributed by atoms with E-state index in [0.29, 0.717) is 11.3 Å². The second-order valence-corrected chi connectivity index (χ2v) is 7.80. The zero-order valence-electron chi connectivity index (χ0n) is 14.1. The minimum atomic E-state index is -3.83. The SMILES string of the molecule is CN1[C@@H](C(=O)NCc2ccccn2)C[C@@H](c2ccc(F)cc2)NS1(=O)=O.